The molecule has 0 saturated carbocycles. The van der Waals surface area contributed by atoms with Crippen molar-refractivity contribution in [3.05, 3.63) is 0 Å². The maximum Gasteiger partial charge on any atom is 0.220 e. The van der Waals surface area contributed by atoms with Crippen molar-refractivity contribution >= 4 is 5.91 Å². The molecule has 1 saturated heterocycles. The average Bonchev–Trinajstić information content (AvgIpc) is 2.03. The molecule has 1 rings (SSSR count). The standard InChI is InChI=1S/C10H20N2O/c1-8(2)10-5-6-11(4)7-12(10)9(3)13/h8,10H,5-7H2,1-4H3/t10-/m0/s1. The minimum absolute atomic E-state index is 0.199. The second kappa shape index (κ2) is 4.09. The predicted molar refractivity (Wildman–Crippen MR) is 53.3 cm³/mol. The summed E-state index contributed by atoms with van der Waals surface area (Å²) in [5.41, 5.74) is 0. The summed E-state index contributed by atoms with van der Waals surface area (Å²) in [6, 6.07) is 0.439. The molecule has 0 bridgehead atoms. The van der Waals surface area contributed by atoms with Crippen LogP contribution in [0.15, 0.2) is 0 Å². The average molecular weight is 184 g/mol. The second-order valence-electron chi connectivity index (χ2n) is 4.31. The molecule has 1 fully saturated rings. The van der Waals surface area contributed by atoms with Gasteiger partial charge in [-0.25, -0.2) is 0 Å². The van der Waals surface area contributed by atoms with Gasteiger partial charge in [0.05, 0.1) is 6.67 Å². The number of carbonyl (C=O) groups excluding carboxylic acids is 1. The third-order valence-electron chi connectivity index (χ3n) is 2.77. The molecule has 0 aromatic rings. The summed E-state index contributed by atoms with van der Waals surface area (Å²) in [6.07, 6.45) is 1.10. The molecule has 0 radical (unpaired) electrons. The maximum absolute atomic E-state index is 11.4. The Morgan fingerprint density at radius 3 is 2.54 bits per heavy atom. The fourth-order valence-corrected chi connectivity index (χ4v) is 1.97. The first-order valence-electron chi connectivity index (χ1n) is 4.98. The van der Waals surface area contributed by atoms with E-state index in [9.17, 15) is 4.79 Å². The molecule has 0 spiro atoms. The van der Waals surface area contributed by atoms with E-state index in [1.54, 1.807) is 6.92 Å². The Balaban J connectivity index is 2.66. The molecule has 3 nitrogen and oxygen atoms in total. The number of hydrogen-bond acceptors (Lipinski definition) is 2. The summed E-state index contributed by atoms with van der Waals surface area (Å²) in [4.78, 5) is 15.5. The van der Waals surface area contributed by atoms with Gasteiger partial charge in [-0.05, 0) is 19.4 Å². The molecule has 0 N–H and O–H groups in total. The van der Waals surface area contributed by atoms with Gasteiger partial charge >= 0.3 is 0 Å². The first-order chi connectivity index (χ1) is 6.02. The Morgan fingerprint density at radius 2 is 2.08 bits per heavy atom. The Kier molecular flexibility index (Phi) is 3.31. The Labute approximate surface area is 80.7 Å². The predicted octanol–water partition coefficient (Wildman–Crippen LogP) is 1.15. The highest BCUT2D eigenvalue weighted by Crippen LogP contribution is 2.19. The number of rotatable bonds is 1. The summed E-state index contributed by atoms with van der Waals surface area (Å²) < 4.78 is 0. The van der Waals surface area contributed by atoms with Crippen molar-refractivity contribution in [3.63, 3.8) is 0 Å². The van der Waals surface area contributed by atoms with Crippen LogP contribution in [0.1, 0.15) is 27.2 Å². The van der Waals surface area contributed by atoms with E-state index < -0.39 is 0 Å². The van der Waals surface area contributed by atoms with Gasteiger partial charge in [-0.3, -0.25) is 9.69 Å². The zero-order chi connectivity index (χ0) is 10.0. The quantitative estimate of drug-likeness (QED) is 0.610. The van der Waals surface area contributed by atoms with E-state index in [4.69, 9.17) is 0 Å². The van der Waals surface area contributed by atoms with Gasteiger partial charge in [-0.15, -0.1) is 0 Å². The Hall–Kier alpha value is -0.570. The summed E-state index contributed by atoms with van der Waals surface area (Å²) in [5, 5.41) is 0. The second-order valence-corrected chi connectivity index (χ2v) is 4.31. The molecule has 3 heteroatoms. The van der Waals surface area contributed by atoms with E-state index >= 15 is 0 Å². The minimum atomic E-state index is 0.199. The maximum atomic E-state index is 11.4. The van der Waals surface area contributed by atoms with E-state index in [0.717, 1.165) is 19.6 Å². The fourth-order valence-electron chi connectivity index (χ4n) is 1.97. The van der Waals surface area contributed by atoms with Gasteiger partial charge in [0.2, 0.25) is 5.91 Å². The number of hydrogen-bond donors (Lipinski definition) is 0. The van der Waals surface area contributed by atoms with Crippen molar-refractivity contribution in [1.29, 1.82) is 0 Å². The smallest absolute Gasteiger partial charge is 0.220 e. The van der Waals surface area contributed by atoms with Gasteiger partial charge in [-0.1, -0.05) is 13.8 Å². The lowest BCUT2D eigenvalue weighted by Gasteiger charge is -2.41. The lowest BCUT2D eigenvalue weighted by molar-refractivity contribution is -0.137. The van der Waals surface area contributed by atoms with Crippen molar-refractivity contribution in [1.82, 2.24) is 9.80 Å². The van der Waals surface area contributed by atoms with Crippen LogP contribution in [0.5, 0.6) is 0 Å². The van der Waals surface area contributed by atoms with E-state index in [-0.39, 0.29) is 5.91 Å². The van der Waals surface area contributed by atoms with Crippen LogP contribution in [0.4, 0.5) is 0 Å². The van der Waals surface area contributed by atoms with Crippen molar-refractivity contribution in [2.75, 3.05) is 20.3 Å². The van der Waals surface area contributed by atoms with Gasteiger partial charge in [-0.2, -0.15) is 0 Å². The van der Waals surface area contributed by atoms with Crippen LogP contribution in [0.2, 0.25) is 0 Å². The summed E-state index contributed by atoms with van der Waals surface area (Å²) >= 11 is 0. The molecule has 1 amide bonds. The van der Waals surface area contributed by atoms with Gasteiger partial charge in [0.25, 0.3) is 0 Å². The Bertz CT molecular complexity index is 191. The normalized spacial score (nSPS) is 25.3. The first kappa shape index (κ1) is 10.5. The molecular weight excluding hydrogens is 164 g/mol. The van der Waals surface area contributed by atoms with Gasteiger partial charge < -0.3 is 4.90 Å². The van der Waals surface area contributed by atoms with Crippen molar-refractivity contribution in [3.8, 4) is 0 Å². The molecule has 1 atom stereocenters. The van der Waals surface area contributed by atoms with Crippen LogP contribution >= 0.6 is 0 Å². The highest BCUT2D eigenvalue weighted by Gasteiger charge is 2.28. The molecule has 0 aromatic carbocycles. The molecule has 13 heavy (non-hydrogen) atoms. The van der Waals surface area contributed by atoms with E-state index in [1.165, 1.54) is 0 Å². The van der Waals surface area contributed by atoms with Crippen molar-refractivity contribution < 1.29 is 4.79 Å². The molecule has 1 aliphatic rings. The van der Waals surface area contributed by atoms with Gasteiger partial charge in [0.1, 0.15) is 0 Å². The molecule has 1 heterocycles. The monoisotopic (exact) mass is 184 g/mol. The van der Waals surface area contributed by atoms with Crippen LogP contribution in [0.25, 0.3) is 0 Å². The zero-order valence-corrected chi connectivity index (χ0v) is 9.08. The summed E-state index contributed by atoms with van der Waals surface area (Å²) in [6.45, 7) is 7.93. The number of amides is 1. The fraction of sp³-hybridized carbons (Fsp3) is 0.900. The molecule has 0 aromatic heterocycles. The van der Waals surface area contributed by atoms with E-state index in [1.807, 2.05) is 4.90 Å². The third kappa shape index (κ3) is 2.44. The van der Waals surface area contributed by atoms with E-state index in [0.29, 0.717) is 12.0 Å². The molecule has 76 valence electrons. The number of nitrogens with zero attached hydrogens (tertiary/aromatic N) is 2. The highest BCUT2D eigenvalue weighted by atomic mass is 16.2. The summed E-state index contributed by atoms with van der Waals surface area (Å²) in [7, 11) is 2.06. The van der Waals surface area contributed by atoms with Crippen LogP contribution in [-0.2, 0) is 4.79 Å². The lowest BCUT2D eigenvalue weighted by atomic mass is 9.97. The van der Waals surface area contributed by atoms with E-state index in [2.05, 4.69) is 25.8 Å². The molecule has 0 unspecified atom stereocenters. The minimum Gasteiger partial charge on any atom is -0.327 e. The van der Waals surface area contributed by atoms with Gasteiger partial charge in [0.15, 0.2) is 0 Å². The third-order valence-corrected chi connectivity index (χ3v) is 2.77. The van der Waals surface area contributed by atoms with Crippen LogP contribution in [-0.4, -0.2) is 42.0 Å². The highest BCUT2D eigenvalue weighted by molar-refractivity contribution is 5.73. The van der Waals surface area contributed by atoms with Crippen molar-refractivity contribution in [2.45, 2.75) is 33.2 Å². The van der Waals surface area contributed by atoms with Crippen LogP contribution in [0.3, 0.4) is 0 Å². The SMILES string of the molecule is CC(=O)N1CN(C)CC[C@H]1C(C)C. The first-order valence-corrected chi connectivity index (χ1v) is 4.98. The largest absolute Gasteiger partial charge is 0.327 e. The zero-order valence-electron chi connectivity index (χ0n) is 9.08. The van der Waals surface area contributed by atoms with Crippen molar-refractivity contribution in [2.24, 2.45) is 5.92 Å². The van der Waals surface area contributed by atoms with Crippen LogP contribution < -0.4 is 0 Å². The summed E-state index contributed by atoms with van der Waals surface area (Å²) in [5.74, 6) is 0.767. The molecular formula is C10H20N2O. The Morgan fingerprint density at radius 1 is 1.46 bits per heavy atom. The topological polar surface area (TPSA) is 23.6 Å². The van der Waals surface area contributed by atoms with Gasteiger partial charge in [0, 0.05) is 19.5 Å². The van der Waals surface area contributed by atoms with Crippen LogP contribution in [0, 0.1) is 5.92 Å². The molecule has 0 aliphatic carbocycles. The number of carbonyl (C=O) groups is 1. The lowest BCUT2D eigenvalue weighted by Crippen LogP contribution is -2.52. The molecule has 1 aliphatic heterocycles.